The van der Waals surface area contributed by atoms with Crippen molar-refractivity contribution < 1.29 is 4.42 Å². The highest BCUT2D eigenvalue weighted by atomic mass is 16.4. The van der Waals surface area contributed by atoms with E-state index in [0.717, 1.165) is 38.6 Å². The van der Waals surface area contributed by atoms with Gasteiger partial charge in [0.05, 0.1) is 6.54 Å². The molecule has 1 saturated heterocycles. The number of aromatic nitrogens is 2. The molecule has 1 aliphatic rings. The van der Waals surface area contributed by atoms with E-state index in [2.05, 4.69) is 20.4 Å². The predicted octanol–water partition coefficient (Wildman–Crippen LogP) is -0.217. The second-order valence-corrected chi connectivity index (χ2v) is 3.24. The van der Waals surface area contributed by atoms with Gasteiger partial charge in [-0.3, -0.25) is 4.90 Å². The Morgan fingerprint density at radius 2 is 2.15 bits per heavy atom. The minimum Gasteiger partial charge on any atom is -0.424 e. The second-order valence-electron chi connectivity index (χ2n) is 3.24. The summed E-state index contributed by atoms with van der Waals surface area (Å²) >= 11 is 0. The van der Waals surface area contributed by atoms with Crippen LogP contribution in [0.1, 0.15) is 11.8 Å². The van der Waals surface area contributed by atoms with Crippen LogP contribution in [0.25, 0.3) is 0 Å². The standard InChI is InChI=1S/C8H14N4O/c1-7-10-11-8(13-7)6-12-4-2-9-3-5-12/h9H,2-6H2,1H3. The number of nitrogens with one attached hydrogen (secondary N) is 1. The van der Waals surface area contributed by atoms with Crippen molar-refractivity contribution in [1.82, 2.24) is 20.4 Å². The molecule has 0 unspecified atom stereocenters. The van der Waals surface area contributed by atoms with Gasteiger partial charge < -0.3 is 9.73 Å². The molecule has 0 aliphatic carbocycles. The lowest BCUT2D eigenvalue weighted by Crippen LogP contribution is -2.42. The van der Waals surface area contributed by atoms with Crippen molar-refractivity contribution in [3.63, 3.8) is 0 Å². The van der Waals surface area contributed by atoms with E-state index >= 15 is 0 Å². The zero-order valence-corrected chi connectivity index (χ0v) is 7.79. The summed E-state index contributed by atoms with van der Waals surface area (Å²) in [6.07, 6.45) is 0. The lowest BCUT2D eigenvalue weighted by atomic mass is 10.3. The van der Waals surface area contributed by atoms with E-state index in [1.165, 1.54) is 0 Å². The predicted molar refractivity (Wildman–Crippen MR) is 47.2 cm³/mol. The van der Waals surface area contributed by atoms with Gasteiger partial charge in [0, 0.05) is 33.1 Å². The molecule has 1 aromatic rings. The minimum atomic E-state index is 0.644. The molecule has 1 aromatic heterocycles. The summed E-state index contributed by atoms with van der Waals surface area (Å²) in [5.74, 6) is 1.37. The molecule has 0 amide bonds. The first-order valence-corrected chi connectivity index (χ1v) is 4.56. The molecular formula is C8H14N4O. The van der Waals surface area contributed by atoms with E-state index in [1.54, 1.807) is 0 Å². The van der Waals surface area contributed by atoms with Crippen molar-refractivity contribution in [3.05, 3.63) is 11.8 Å². The molecule has 2 heterocycles. The van der Waals surface area contributed by atoms with Crippen molar-refractivity contribution in [2.45, 2.75) is 13.5 Å². The third-order valence-corrected chi connectivity index (χ3v) is 2.14. The molecule has 1 N–H and O–H groups in total. The van der Waals surface area contributed by atoms with Crippen LogP contribution in [0, 0.1) is 6.92 Å². The number of rotatable bonds is 2. The zero-order valence-electron chi connectivity index (χ0n) is 7.79. The molecule has 0 spiro atoms. The van der Waals surface area contributed by atoms with Crippen LogP contribution in [0.5, 0.6) is 0 Å². The Morgan fingerprint density at radius 3 is 2.77 bits per heavy atom. The molecule has 72 valence electrons. The molecule has 2 rings (SSSR count). The Morgan fingerprint density at radius 1 is 1.38 bits per heavy atom. The highest BCUT2D eigenvalue weighted by molar-refractivity contribution is 4.80. The Bertz CT molecular complexity index is 267. The smallest absolute Gasteiger partial charge is 0.230 e. The molecule has 0 aromatic carbocycles. The monoisotopic (exact) mass is 182 g/mol. The molecule has 1 aliphatic heterocycles. The largest absolute Gasteiger partial charge is 0.424 e. The molecule has 0 saturated carbocycles. The lowest BCUT2D eigenvalue weighted by molar-refractivity contribution is 0.211. The topological polar surface area (TPSA) is 54.2 Å². The molecule has 0 bridgehead atoms. The van der Waals surface area contributed by atoms with E-state index in [9.17, 15) is 0 Å². The normalized spacial score (nSPS) is 19.2. The van der Waals surface area contributed by atoms with E-state index < -0.39 is 0 Å². The van der Waals surface area contributed by atoms with Crippen LogP contribution in [0.2, 0.25) is 0 Å². The van der Waals surface area contributed by atoms with Crippen LogP contribution in [0.4, 0.5) is 0 Å². The quantitative estimate of drug-likeness (QED) is 0.685. The summed E-state index contributed by atoms with van der Waals surface area (Å²) in [6.45, 7) is 6.81. The van der Waals surface area contributed by atoms with Gasteiger partial charge in [-0.15, -0.1) is 10.2 Å². The number of hydrogen-bond donors (Lipinski definition) is 1. The third-order valence-electron chi connectivity index (χ3n) is 2.14. The van der Waals surface area contributed by atoms with Crippen molar-refractivity contribution in [2.24, 2.45) is 0 Å². The molecule has 0 radical (unpaired) electrons. The fourth-order valence-corrected chi connectivity index (χ4v) is 1.46. The van der Waals surface area contributed by atoms with Crippen LogP contribution in [0.3, 0.4) is 0 Å². The lowest BCUT2D eigenvalue weighted by Gasteiger charge is -2.25. The van der Waals surface area contributed by atoms with Crippen LogP contribution in [0.15, 0.2) is 4.42 Å². The minimum absolute atomic E-state index is 0.644. The number of piperazine rings is 1. The average molecular weight is 182 g/mol. The Labute approximate surface area is 77.1 Å². The highest BCUT2D eigenvalue weighted by Gasteiger charge is 2.12. The highest BCUT2D eigenvalue weighted by Crippen LogP contribution is 2.03. The van der Waals surface area contributed by atoms with Gasteiger partial charge in [-0.25, -0.2) is 0 Å². The van der Waals surface area contributed by atoms with E-state index in [-0.39, 0.29) is 0 Å². The van der Waals surface area contributed by atoms with Crippen molar-refractivity contribution in [1.29, 1.82) is 0 Å². The molecule has 0 atom stereocenters. The van der Waals surface area contributed by atoms with Crippen molar-refractivity contribution >= 4 is 0 Å². The first-order valence-electron chi connectivity index (χ1n) is 4.56. The number of nitrogens with zero attached hydrogens (tertiary/aromatic N) is 3. The van der Waals surface area contributed by atoms with Crippen LogP contribution >= 0.6 is 0 Å². The van der Waals surface area contributed by atoms with Crippen LogP contribution in [-0.2, 0) is 6.54 Å². The maximum Gasteiger partial charge on any atom is 0.230 e. The van der Waals surface area contributed by atoms with E-state index in [0.29, 0.717) is 5.89 Å². The summed E-state index contributed by atoms with van der Waals surface area (Å²) in [7, 11) is 0. The van der Waals surface area contributed by atoms with E-state index in [4.69, 9.17) is 4.42 Å². The van der Waals surface area contributed by atoms with Crippen LogP contribution in [-0.4, -0.2) is 41.3 Å². The van der Waals surface area contributed by atoms with Gasteiger partial charge in [-0.05, 0) is 0 Å². The first-order chi connectivity index (χ1) is 6.34. The van der Waals surface area contributed by atoms with Gasteiger partial charge in [-0.2, -0.15) is 0 Å². The Hall–Kier alpha value is -0.940. The number of aryl methyl sites for hydroxylation is 1. The van der Waals surface area contributed by atoms with Gasteiger partial charge in [0.2, 0.25) is 11.8 Å². The molecule has 1 fully saturated rings. The Balaban J connectivity index is 1.89. The van der Waals surface area contributed by atoms with Gasteiger partial charge in [0.1, 0.15) is 0 Å². The molecule has 13 heavy (non-hydrogen) atoms. The first kappa shape index (κ1) is 8.65. The van der Waals surface area contributed by atoms with Crippen molar-refractivity contribution in [2.75, 3.05) is 26.2 Å². The maximum atomic E-state index is 5.30. The van der Waals surface area contributed by atoms with Gasteiger partial charge >= 0.3 is 0 Å². The molecular weight excluding hydrogens is 168 g/mol. The van der Waals surface area contributed by atoms with Crippen LogP contribution < -0.4 is 5.32 Å². The number of hydrogen-bond acceptors (Lipinski definition) is 5. The van der Waals surface area contributed by atoms with E-state index in [1.807, 2.05) is 6.92 Å². The summed E-state index contributed by atoms with van der Waals surface area (Å²) in [4.78, 5) is 2.31. The maximum absolute atomic E-state index is 5.30. The fourth-order valence-electron chi connectivity index (χ4n) is 1.46. The second kappa shape index (κ2) is 3.85. The van der Waals surface area contributed by atoms with Gasteiger partial charge in [0.25, 0.3) is 0 Å². The summed E-state index contributed by atoms with van der Waals surface area (Å²) in [5, 5.41) is 11.1. The summed E-state index contributed by atoms with van der Waals surface area (Å²) < 4.78 is 5.30. The fraction of sp³-hybridized carbons (Fsp3) is 0.750. The summed E-state index contributed by atoms with van der Waals surface area (Å²) in [5.41, 5.74) is 0. The van der Waals surface area contributed by atoms with Gasteiger partial charge in [-0.1, -0.05) is 0 Å². The molecule has 5 nitrogen and oxygen atoms in total. The van der Waals surface area contributed by atoms with Gasteiger partial charge in [0.15, 0.2) is 0 Å². The SMILES string of the molecule is Cc1nnc(CN2CCNCC2)o1. The summed E-state index contributed by atoms with van der Waals surface area (Å²) in [6, 6.07) is 0. The zero-order chi connectivity index (χ0) is 9.10. The molecule has 5 heteroatoms. The van der Waals surface area contributed by atoms with Crippen molar-refractivity contribution in [3.8, 4) is 0 Å². The Kier molecular flexibility index (Phi) is 2.56. The third kappa shape index (κ3) is 2.26. The average Bonchev–Trinajstić information content (AvgIpc) is 2.53.